The lowest BCUT2D eigenvalue weighted by molar-refractivity contribution is 0.376. The van der Waals surface area contributed by atoms with Crippen LogP contribution in [-0.4, -0.2) is 15.3 Å². The zero-order valence-corrected chi connectivity index (χ0v) is 14.9. The first kappa shape index (κ1) is 17.6. The van der Waals surface area contributed by atoms with Gasteiger partial charge in [-0.05, 0) is 54.7 Å². The van der Waals surface area contributed by atoms with E-state index in [-0.39, 0.29) is 11.6 Å². The highest BCUT2D eigenvalue weighted by Crippen LogP contribution is 2.20. The molecule has 5 nitrogen and oxygen atoms in total. The zero-order chi connectivity index (χ0) is 17.8. The number of aromatic nitrogens is 2. The van der Waals surface area contributed by atoms with Crippen LogP contribution in [0, 0.1) is 5.82 Å². The van der Waals surface area contributed by atoms with Crippen LogP contribution >= 0.6 is 35.4 Å². The topological polar surface area (TPSA) is 63.0 Å². The summed E-state index contributed by atoms with van der Waals surface area (Å²) in [6.45, 7) is 0.237. The third kappa shape index (κ3) is 4.66. The van der Waals surface area contributed by atoms with Crippen molar-refractivity contribution in [2.75, 3.05) is 5.32 Å². The minimum Gasteiger partial charge on any atom is -0.353 e. The summed E-state index contributed by atoms with van der Waals surface area (Å²) in [5, 5.41) is 10.7. The molecule has 9 heteroatoms. The number of benzene rings is 2. The molecule has 0 amide bonds. The molecule has 128 valence electrons. The van der Waals surface area contributed by atoms with E-state index in [1.807, 2.05) is 0 Å². The second-order valence-electron chi connectivity index (χ2n) is 4.96. The maximum atomic E-state index is 13.1. The van der Waals surface area contributed by atoms with E-state index in [0.717, 1.165) is 5.56 Å². The second-order valence-corrected chi connectivity index (χ2v) is 6.21. The first-order valence-corrected chi connectivity index (χ1v) is 8.26. The minimum atomic E-state index is -0.494. The quantitative estimate of drug-likeness (QED) is 0.624. The van der Waals surface area contributed by atoms with Crippen molar-refractivity contribution in [1.29, 1.82) is 0 Å². The number of anilines is 1. The van der Waals surface area contributed by atoms with Gasteiger partial charge in [-0.1, -0.05) is 28.4 Å². The van der Waals surface area contributed by atoms with Gasteiger partial charge in [0, 0.05) is 16.3 Å². The molecule has 1 aromatic heterocycles. The van der Waals surface area contributed by atoms with Gasteiger partial charge in [-0.25, -0.2) is 4.39 Å². The number of hydrogen-bond donors (Lipinski definition) is 2. The molecule has 2 N–H and O–H groups in total. The number of thiocarbonyl (C=S) groups is 1. The van der Waals surface area contributed by atoms with E-state index < -0.39 is 5.82 Å². The van der Waals surface area contributed by atoms with Crippen molar-refractivity contribution in [3.05, 3.63) is 64.2 Å². The number of halogens is 3. The highest BCUT2D eigenvalue weighted by molar-refractivity contribution is 7.80. The van der Waals surface area contributed by atoms with Gasteiger partial charge in [0.25, 0.3) is 0 Å². The smallest absolute Gasteiger partial charge is 0.246 e. The Morgan fingerprint density at radius 2 is 1.92 bits per heavy atom. The van der Waals surface area contributed by atoms with Crippen molar-refractivity contribution in [3.63, 3.8) is 0 Å². The van der Waals surface area contributed by atoms with Crippen molar-refractivity contribution < 1.29 is 8.91 Å². The van der Waals surface area contributed by atoms with E-state index in [1.165, 1.54) is 18.2 Å². The Morgan fingerprint density at radius 1 is 1.16 bits per heavy atom. The van der Waals surface area contributed by atoms with Crippen molar-refractivity contribution in [2.24, 2.45) is 0 Å². The van der Waals surface area contributed by atoms with Crippen molar-refractivity contribution >= 4 is 46.2 Å². The van der Waals surface area contributed by atoms with Crippen LogP contribution in [-0.2, 0) is 6.54 Å². The van der Waals surface area contributed by atoms with Gasteiger partial charge in [-0.3, -0.25) is 0 Å². The molecule has 3 rings (SSSR count). The Hall–Kier alpha value is -2.22. The summed E-state index contributed by atoms with van der Waals surface area (Å²) in [5.41, 5.74) is 1.36. The molecule has 0 aliphatic rings. The minimum absolute atomic E-state index is 0.0114. The molecular formula is C16H11Cl2FN4OS. The highest BCUT2D eigenvalue weighted by atomic mass is 35.5. The molecule has 0 fully saturated rings. The maximum Gasteiger partial charge on any atom is 0.246 e. The maximum absolute atomic E-state index is 13.1. The fraction of sp³-hybridized carbons (Fsp3) is 0.0625. The molecule has 1 heterocycles. The summed E-state index contributed by atoms with van der Waals surface area (Å²) < 4.78 is 18.3. The molecule has 3 aromatic rings. The van der Waals surface area contributed by atoms with Crippen LogP contribution in [0.5, 0.6) is 0 Å². The molecule has 0 saturated carbocycles. The van der Waals surface area contributed by atoms with Crippen LogP contribution in [0.25, 0.3) is 11.4 Å². The lowest BCUT2D eigenvalue weighted by Gasteiger charge is -2.09. The van der Waals surface area contributed by atoms with Gasteiger partial charge >= 0.3 is 0 Å². The molecule has 0 spiro atoms. The normalized spacial score (nSPS) is 10.5. The van der Waals surface area contributed by atoms with Crippen LogP contribution in [0.2, 0.25) is 10.0 Å². The fourth-order valence-corrected chi connectivity index (χ4v) is 2.44. The van der Waals surface area contributed by atoms with E-state index in [2.05, 4.69) is 20.8 Å². The van der Waals surface area contributed by atoms with E-state index in [1.54, 1.807) is 24.3 Å². The number of hydrogen-bond acceptors (Lipinski definition) is 4. The monoisotopic (exact) mass is 396 g/mol. The second kappa shape index (κ2) is 7.77. The standard InChI is InChI=1S/C16H11Cl2FN4OS/c17-10-3-1-9(2-4-10)15-22-14(24-23-15)8-20-16(25)21-11-5-6-13(19)12(18)7-11/h1-7H,8H2,(H2,20,21,25). The molecule has 0 aliphatic carbocycles. The van der Waals surface area contributed by atoms with Crippen LogP contribution in [0.3, 0.4) is 0 Å². The highest BCUT2D eigenvalue weighted by Gasteiger charge is 2.09. The zero-order valence-electron chi connectivity index (χ0n) is 12.6. The SMILES string of the molecule is Fc1ccc(NC(=S)NCc2nc(-c3ccc(Cl)cc3)no2)cc1Cl. The van der Waals surface area contributed by atoms with Crippen LogP contribution in [0.15, 0.2) is 47.0 Å². The van der Waals surface area contributed by atoms with Gasteiger partial charge in [0.2, 0.25) is 11.7 Å². The lowest BCUT2D eigenvalue weighted by Crippen LogP contribution is -2.28. The summed E-state index contributed by atoms with van der Waals surface area (Å²) in [5.74, 6) is 0.329. The van der Waals surface area contributed by atoms with E-state index in [9.17, 15) is 4.39 Å². The summed E-state index contributed by atoms with van der Waals surface area (Å²) >= 11 is 16.7. The predicted molar refractivity (Wildman–Crippen MR) is 99.2 cm³/mol. The first-order valence-electron chi connectivity index (χ1n) is 7.10. The summed E-state index contributed by atoms with van der Waals surface area (Å²) in [4.78, 5) is 4.27. The van der Waals surface area contributed by atoms with Crippen molar-refractivity contribution in [3.8, 4) is 11.4 Å². The Labute approximate surface area is 158 Å². The fourth-order valence-electron chi connectivity index (χ4n) is 1.95. The summed E-state index contributed by atoms with van der Waals surface area (Å²) in [7, 11) is 0. The van der Waals surface area contributed by atoms with Crippen LogP contribution < -0.4 is 10.6 Å². The van der Waals surface area contributed by atoms with Crippen LogP contribution in [0.4, 0.5) is 10.1 Å². The van der Waals surface area contributed by atoms with Crippen molar-refractivity contribution in [1.82, 2.24) is 15.5 Å². The molecule has 25 heavy (non-hydrogen) atoms. The third-order valence-corrected chi connectivity index (χ3v) is 3.94. The number of nitrogens with one attached hydrogen (secondary N) is 2. The van der Waals surface area contributed by atoms with Gasteiger partial charge in [-0.15, -0.1) is 0 Å². The average molecular weight is 397 g/mol. The van der Waals surface area contributed by atoms with Crippen molar-refractivity contribution in [2.45, 2.75) is 6.54 Å². The van der Waals surface area contributed by atoms with E-state index in [0.29, 0.717) is 27.5 Å². The molecule has 0 saturated heterocycles. The molecule has 0 bridgehead atoms. The number of rotatable bonds is 4. The van der Waals surface area contributed by atoms with Gasteiger partial charge in [0.1, 0.15) is 5.82 Å². The molecule has 0 unspecified atom stereocenters. The molecule has 2 aromatic carbocycles. The Bertz CT molecular complexity index is 901. The number of nitrogens with zero attached hydrogens (tertiary/aromatic N) is 2. The van der Waals surface area contributed by atoms with Gasteiger partial charge in [-0.2, -0.15) is 4.98 Å². The van der Waals surface area contributed by atoms with E-state index in [4.69, 9.17) is 39.9 Å². The Morgan fingerprint density at radius 3 is 2.64 bits per heavy atom. The van der Waals surface area contributed by atoms with Gasteiger partial charge in [0.05, 0.1) is 11.6 Å². The summed E-state index contributed by atoms with van der Waals surface area (Å²) in [6, 6.07) is 11.3. The van der Waals surface area contributed by atoms with Gasteiger partial charge < -0.3 is 15.2 Å². The average Bonchev–Trinajstić information content (AvgIpc) is 3.06. The Balaban J connectivity index is 1.57. The molecule has 0 atom stereocenters. The predicted octanol–water partition coefficient (Wildman–Crippen LogP) is 4.67. The Kier molecular flexibility index (Phi) is 5.47. The summed E-state index contributed by atoms with van der Waals surface area (Å²) in [6.07, 6.45) is 0. The first-order chi connectivity index (χ1) is 12.0. The molecule has 0 aliphatic heterocycles. The third-order valence-electron chi connectivity index (χ3n) is 3.15. The molecule has 0 radical (unpaired) electrons. The lowest BCUT2D eigenvalue weighted by atomic mass is 10.2. The van der Waals surface area contributed by atoms with E-state index >= 15 is 0 Å². The van der Waals surface area contributed by atoms with Gasteiger partial charge in [0.15, 0.2) is 5.11 Å². The molecular weight excluding hydrogens is 386 g/mol. The van der Waals surface area contributed by atoms with Crippen LogP contribution in [0.1, 0.15) is 5.89 Å². The largest absolute Gasteiger partial charge is 0.353 e.